The number of Topliss-reactive ketones (excluding diaryl/α,β-unsaturated/α-hetero) is 1. The molecule has 0 radical (unpaired) electrons. The van der Waals surface area contributed by atoms with Crippen molar-refractivity contribution in [3.05, 3.63) is 15.4 Å². The van der Waals surface area contributed by atoms with E-state index in [9.17, 15) is 13.2 Å². The number of ketones is 1. The van der Waals surface area contributed by atoms with Gasteiger partial charge in [-0.25, -0.2) is 8.42 Å². The van der Waals surface area contributed by atoms with Gasteiger partial charge in [0.05, 0.1) is 3.79 Å². The Hall–Kier alpha value is -0.240. The van der Waals surface area contributed by atoms with E-state index in [1.165, 1.54) is 22.6 Å². The van der Waals surface area contributed by atoms with Crippen molar-refractivity contribution >= 4 is 43.1 Å². The van der Waals surface area contributed by atoms with E-state index < -0.39 is 10.0 Å². The summed E-state index contributed by atoms with van der Waals surface area (Å²) >= 11 is 4.59. The number of aryl methyl sites for hydroxylation is 1. The second kappa shape index (κ2) is 5.63. The van der Waals surface area contributed by atoms with Gasteiger partial charge in [0.2, 0.25) is 0 Å². The van der Waals surface area contributed by atoms with E-state index >= 15 is 0 Å². The molecule has 1 saturated heterocycles. The standard InChI is InChI=1S/C12H16BrNO3S2/c1-8-6-11(18-12(8)13)19(16,17)14-5-3-4-10(14)7-9(2)15/h6,10H,3-5,7H2,1-2H3. The molecule has 1 fully saturated rings. The van der Waals surface area contributed by atoms with Gasteiger partial charge in [0, 0.05) is 19.0 Å². The first kappa shape index (κ1) is 15.2. The highest BCUT2D eigenvalue weighted by Crippen LogP contribution is 2.35. The van der Waals surface area contributed by atoms with E-state index in [1.807, 2.05) is 6.92 Å². The van der Waals surface area contributed by atoms with Gasteiger partial charge in [-0.2, -0.15) is 4.31 Å². The molecular formula is C12H16BrNO3S2. The Morgan fingerprint density at radius 3 is 2.79 bits per heavy atom. The molecule has 0 spiro atoms. The summed E-state index contributed by atoms with van der Waals surface area (Å²) in [5.41, 5.74) is 0.922. The minimum Gasteiger partial charge on any atom is -0.300 e. The molecule has 1 atom stereocenters. The number of sulfonamides is 1. The van der Waals surface area contributed by atoms with Crippen molar-refractivity contribution in [2.75, 3.05) is 6.54 Å². The van der Waals surface area contributed by atoms with Gasteiger partial charge < -0.3 is 0 Å². The third kappa shape index (κ3) is 3.09. The first-order valence-corrected chi connectivity index (χ1v) is 9.14. The molecule has 19 heavy (non-hydrogen) atoms. The molecule has 4 nitrogen and oxygen atoms in total. The molecule has 0 bridgehead atoms. The molecule has 0 aromatic carbocycles. The molecule has 1 aromatic rings. The maximum Gasteiger partial charge on any atom is 0.252 e. The van der Waals surface area contributed by atoms with Crippen LogP contribution in [-0.2, 0) is 14.8 Å². The van der Waals surface area contributed by atoms with Gasteiger partial charge in [-0.1, -0.05) is 0 Å². The molecule has 1 aromatic heterocycles. The predicted octanol–water partition coefficient (Wildman–Crippen LogP) is 2.95. The summed E-state index contributed by atoms with van der Waals surface area (Å²) in [6, 6.07) is 1.51. The maximum atomic E-state index is 12.6. The highest BCUT2D eigenvalue weighted by molar-refractivity contribution is 9.11. The second-order valence-corrected chi connectivity index (χ2v) is 9.33. The van der Waals surface area contributed by atoms with Gasteiger partial charge in [0.25, 0.3) is 10.0 Å². The molecule has 1 aliphatic rings. The van der Waals surface area contributed by atoms with E-state index in [0.29, 0.717) is 17.2 Å². The van der Waals surface area contributed by atoms with Gasteiger partial charge in [-0.3, -0.25) is 4.79 Å². The monoisotopic (exact) mass is 365 g/mol. The molecule has 2 rings (SSSR count). The lowest BCUT2D eigenvalue weighted by atomic mass is 10.1. The Bertz CT molecular complexity index is 575. The fourth-order valence-electron chi connectivity index (χ4n) is 2.34. The summed E-state index contributed by atoms with van der Waals surface area (Å²) in [6.07, 6.45) is 1.90. The summed E-state index contributed by atoms with van der Waals surface area (Å²) in [7, 11) is -3.47. The summed E-state index contributed by atoms with van der Waals surface area (Å²) in [4.78, 5) is 11.2. The van der Waals surface area contributed by atoms with Crippen LogP contribution in [0.5, 0.6) is 0 Å². The number of thiophene rings is 1. The van der Waals surface area contributed by atoms with Gasteiger partial charge in [0.1, 0.15) is 9.99 Å². The number of halogens is 1. The number of carbonyl (C=O) groups is 1. The van der Waals surface area contributed by atoms with Crippen molar-refractivity contribution in [1.29, 1.82) is 0 Å². The van der Waals surface area contributed by atoms with Crippen molar-refractivity contribution < 1.29 is 13.2 Å². The minimum atomic E-state index is -3.47. The van der Waals surface area contributed by atoms with Crippen molar-refractivity contribution in [2.24, 2.45) is 0 Å². The van der Waals surface area contributed by atoms with E-state index in [2.05, 4.69) is 15.9 Å². The summed E-state index contributed by atoms with van der Waals surface area (Å²) in [5.74, 6) is 0.0376. The Balaban J connectivity index is 2.30. The summed E-state index contributed by atoms with van der Waals surface area (Å²) in [5, 5.41) is 0. The third-order valence-electron chi connectivity index (χ3n) is 3.24. The van der Waals surface area contributed by atoms with Gasteiger partial charge >= 0.3 is 0 Å². The average molecular weight is 366 g/mol. The van der Waals surface area contributed by atoms with Crippen LogP contribution in [0.4, 0.5) is 0 Å². The van der Waals surface area contributed by atoms with Crippen LogP contribution in [0.25, 0.3) is 0 Å². The molecule has 0 N–H and O–H groups in total. The van der Waals surface area contributed by atoms with Crippen LogP contribution in [0.2, 0.25) is 0 Å². The van der Waals surface area contributed by atoms with Crippen molar-refractivity contribution in [3.63, 3.8) is 0 Å². The van der Waals surface area contributed by atoms with Crippen LogP contribution in [-0.4, -0.2) is 31.1 Å². The Morgan fingerprint density at radius 1 is 1.58 bits per heavy atom. The molecule has 0 saturated carbocycles. The number of rotatable bonds is 4. The first-order valence-electron chi connectivity index (χ1n) is 6.09. The molecule has 0 amide bonds. The molecule has 2 heterocycles. The van der Waals surface area contributed by atoms with E-state index in [-0.39, 0.29) is 11.8 Å². The van der Waals surface area contributed by atoms with Crippen LogP contribution < -0.4 is 0 Å². The largest absolute Gasteiger partial charge is 0.300 e. The zero-order valence-corrected chi connectivity index (χ0v) is 14.1. The minimum absolute atomic E-state index is 0.0376. The highest BCUT2D eigenvalue weighted by Gasteiger charge is 2.36. The lowest BCUT2D eigenvalue weighted by Gasteiger charge is -2.22. The van der Waals surface area contributed by atoms with Crippen LogP contribution >= 0.6 is 27.3 Å². The molecular weight excluding hydrogens is 350 g/mol. The Kier molecular flexibility index (Phi) is 4.49. The Labute approximate surface area is 126 Å². The zero-order valence-electron chi connectivity index (χ0n) is 10.8. The van der Waals surface area contributed by atoms with Gasteiger partial charge in [-0.05, 0) is 54.2 Å². The highest BCUT2D eigenvalue weighted by atomic mass is 79.9. The van der Waals surface area contributed by atoms with Crippen LogP contribution in [0.1, 0.15) is 31.7 Å². The molecule has 1 unspecified atom stereocenters. The van der Waals surface area contributed by atoms with Crippen molar-refractivity contribution in [1.82, 2.24) is 4.31 Å². The number of carbonyl (C=O) groups excluding carboxylic acids is 1. The first-order chi connectivity index (χ1) is 8.82. The lowest BCUT2D eigenvalue weighted by Crippen LogP contribution is -2.36. The quantitative estimate of drug-likeness (QED) is 0.823. The fourth-order valence-corrected chi connectivity index (χ4v) is 6.38. The van der Waals surface area contributed by atoms with Gasteiger partial charge in [-0.15, -0.1) is 11.3 Å². The van der Waals surface area contributed by atoms with E-state index in [0.717, 1.165) is 22.2 Å². The second-order valence-electron chi connectivity index (χ2n) is 4.84. The third-order valence-corrected chi connectivity index (χ3v) is 7.78. The fraction of sp³-hybridized carbons (Fsp3) is 0.583. The molecule has 1 aliphatic heterocycles. The van der Waals surface area contributed by atoms with Crippen LogP contribution in [0.15, 0.2) is 14.1 Å². The average Bonchev–Trinajstić information content (AvgIpc) is 2.87. The normalized spacial score (nSPS) is 20.9. The SMILES string of the molecule is CC(=O)CC1CCCN1S(=O)(=O)c1cc(C)c(Br)s1. The molecule has 106 valence electrons. The lowest BCUT2D eigenvalue weighted by molar-refractivity contribution is -0.117. The maximum absolute atomic E-state index is 12.6. The zero-order chi connectivity index (χ0) is 14.2. The van der Waals surface area contributed by atoms with Crippen LogP contribution in [0.3, 0.4) is 0 Å². The predicted molar refractivity (Wildman–Crippen MR) is 79.0 cm³/mol. The number of nitrogens with zero attached hydrogens (tertiary/aromatic N) is 1. The number of hydrogen-bond acceptors (Lipinski definition) is 4. The van der Waals surface area contributed by atoms with Crippen molar-refractivity contribution in [3.8, 4) is 0 Å². The van der Waals surface area contributed by atoms with Gasteiger partial charge in [0.15, 0.2) is 0 Å². The summed E-state index contributed by atoms with van der Waals surface area (Å²) in [6.45, 7) is 3.89. The molecule has 7 heteroatoms. The molecule has 0 aliphatic carbocycles. The number of hydrogen-bond donors (Lipinski definition) is 0. The van der Waals surface area contributed by atoms with E-state index in [1.54, 1.807) is 6.07 Å². The van der Waals surface area contributed by atoms with Crippen LogP contribution in [0, 0.1) is 6.92 Å². The Morgan fingerprint density at radius 2 is 2.26 bits per heavy atom. The topological polar surface area (TPSA) is 54.5 Å². The smallest absolute Gasteiger partial charge is 0.252 e. The van der Waals surface area contributed by atoms with Crippen molar-refractivity contribution in [2.45, 2.75) is 43.4 Å². The van der Waals surface area contributed by atoms with E-state index in [4.69, 9.17) is 0 Å². The summed E-state index contributed by atoms with van der Waals surface area (Å²) < 4.78 is 27.9.